The van der Waals surface area contributed by atoms with E-state index in [9.17, 15) is 0 Å². The molecular weight excluding hydrogens is 230 g/mol. The van der Waals surface area contributed by atoms with Crippen LogP contribution in [-0.4, -0.2) is 27.3 Å². The Labute approximate surface area is 109 Å². The fourth-order valence-corrected chi connectivity index (χ4v) is 2.34. The summed E-state index contributed by atoms with van der Waals surface area (Å²) in [5.74, 6) is 0. The van der Waals surface area contributed by atoms with Crippen LogP contribution in [0.25, 0.3) is 0 Å². The van der Waals surface area contributed by atoms with Crippen molar-refractivity contribution in [2.75, 3.05) is 6.54 Å². The van der Waals surface area contributed by atoms with Crippen molar-refractivity contribution in [2.24, 2.45) is 0 Å². The van der Waals surface area contributed by atoms with Crippen molar-refractivity contribution in [3.8, 4) is 0 Å². The van der Waals surface area contributed by atoms with Crippen LogP contribution in [0.1, 0.15) is 39.1 Å². The maximum atomic E-state index is 4.44. The Hall–Kier alpha value is -0.610. The molecule has 1 aromatic rings. The average Bonchev–Trinajstić information content (AvgIpc) is 2.11. The molecule has 0 amide bonds. The van der Waals surface area contributed by atoms with Gasteiger partial charge >= 0.3 is 0 Å². The molecule has 4 heteroatoms. The molecule has 0 fully saturated rings. The molecule has 0 aliphatic rings. The van der Waals surface area contributed by atoms with Crippen molar-refractivity contribution in [3.05, 3.63) is 17.5 Å². The first-order valence-electron chi connectivity index (χ1n) is 6.00. The first-order chi connectivity index (χ1) is 7.76. The standard InChI is InChI=1S/C13H23N3S/c1-9-7-10(2)16-12(15-9)17-11(3)8-14-13(4,5)6/h7,11,14H,8H2,1-6H3. The lowest BCUT2D eigenvalue weighted by atomic mass is 10.1. The molecule has 1 unspecified atom stereocenters. The maximum absolute atomic E-state index is 4.44. The summed E-state index contributed by atoms with van der Waals surface area (Å²) in [4.78, 5) is 8.88. The second kappa shape index (κ2) is 5.83. The van der Waals surface area contributed by atoms with E-state index < -0.39 is 0 Å². The van der Waals surface area contributed by atoms with Gasteiger partial charge in [0.15, 0.2) is 5.16 Å². The maximum Gasteiger partial charge on any atom is 0.188 e. The van der Waals surface area contributed by atoms with Crippen LogP contribution in [0.2, 0.25) is 0 Å². The van der Waals surface area contributed by atoms with Crippen LogP contribution in [0.3, 0.4) is 0 Å². The van der Waals surface area contributed by atoms with Crippen LogP contribution in [0, 0.1) is 13.8 Å². The van der Waals surface area contributed by atoms with E-state index in [1.54, 1.807) is 11.8 Å². The van der Waals surface area contributed by atoms with E-state index in [1.807, 2.05) is 19.9 Å². The number of thioether (sulfide) groups is 1. The van der Waals surface area contributed by atoms with Crippen LogP contribution in [0.15, 0.2) is 11.2 Å². The van der Waals surface area contributed by atoms with Crippen LogP contribution >= 0.6 is 11.8 Å². The second-order valence-electron chi connectivity index (χ2n) is 5.49. The van der Waals surface area contributed by atoms with Gasteiger partial charge in [0.05, 0.1) is 0 Å². The van der Waals surface area contributed by atoms with E-state index in [4.69, 9.17) is 0 Å². The highest BCUT2D eigenvalue weighted by Crippen LogP contribution is 2.19. The van der Waals surface area contributed by atoms with E-state index in [0.29, 0.717) is 5.25 Å². The Kier molecular flexibility index (Phi) is 4.95. The molecule has 1 rings (SSSR count). The zero-order valence-electron chi connectivity index (χ0n) is 11.7. The smallest absolute Gasteiger partial charge is 0.188 e. The topological polar surface area (TPSA) is 37.8 Å². The molecule has 0 aliphatic heterocycles. The van der Waals surface area contributed by atoms with Gasteiger partial charge in [-0.3, -0.25) is 0 Å². The molecule has 0 saturated carbocycles. The fourth-order valence-electron chi connectivity index (χ4n) is 1.42. The summed E-state index contributed by atoms with van der Waals surface area (Å²) in [6, 6.07) is 2.00. The minimum atomic E-state index is 0.165. The summed E-state index contributed by atoms with van der Waals surface area (Å²) in [6.07, 6.45) is 0. The van der Waals surface area contributed by atoms with Gasteiger partial charge in [0.25, 0.3) is 0 Å². The van der Waals surface area contributed by atoms with Crippen molar-refractivity contribution in [1.82, 2.24) is 15.3 Å². The Bertz CT molecular complexity index is 351. The molecule has 1 heterocycles. The van der Waals surface area contributed by atoms with E-state index in [-0.39, 0.29) is 5.54 Å². The van der Waals surface area contributed by atoms with E-state index in [2.05, 4.69) is 43.0 Å². The number of nitrogens with one attached hydrogen (secondary N) is 1. The van der Waals surface area contributed by atoms with Gasteiger partial charge in [0.2, 0.25) is 0 Å². The lowest BCUT2D eigenvalue weighted by Gasteiger charge is -2.22. The van der Waals surface area contributed by atoms with E-state index in [0.717, 1.165) is 23.1 Å². The fraction of sp³-hybridized carbons (Fsp3) is 0.692. The predicted octanol–water partition coefficient (Wildman–Crippen LogP) is 2.96. The van der Waals surface area contributed by atoms with Gasteiger partial charge < -0.3 is 5.32 Å². The van der Waals surface area contributed by atoms with E-state index >= 15 is 0 Å². The van der Waals surface area contributed by atoms with Gasteiger partial charge in [-0.2, -0.15) is 0 Å². The molecule has 0 saturated heterocycles. The number of hydrogen-bond donors (Lipinski definition) is 1. The SMILES string of the molecule is Cc1cc(C)nc(SC(C)CNC(C)(C)C)n1. The molecule has 3 nitrogen and oxygen atoms in total. The molecule has 0 bridgehead atoms. The third-order valence-electron chi connectivity index (χ3n) is 2.19. The van der Waals surface area contributed by atoms with Gasteiger partial charge in [-0.25, -0.2) is 9.97 Å². The summed E-state index contributed by atoms with van der Waals surface area (Å²) >= 11 is 1.73. The molecule has 0 aliphatic carbocycles. The number of hydrogen-bond acceptors (Lipinski definition) is 4. The number of nitrogens with zero attached hydrogens (tertiary/aromatic N) is 2. The number of aryl methyl sites for hydroxylation is 2. The van der Waals surface area contributed by atoms with Crippen molar-refractivity contribution in [1.29, 1.82) is 0 Å². The van der Waals surface area contributed by atoms with Crippen LogP contribution in [-0.2, 0) is 0 Å². The molecule has 0 radical (unpaired) electrons. The first-order valence-corrected chi connectivity index (χ1v) is 6.88. The van der Waals surface area contributed by atoms with Gasteiger partial charge in [0.1, 0.15) is 0 Å². The third kappa shape index (κ3) is 6.03. The lowest BCUT2D eigenvalue weighted by molar-refractivity contribution is 0.429. The predicted molar refractivity (Wildman–Crippen MR) is 74.6 cm³/mol. The highest BCUT2D eigenvalue weighted by Gasteiger charge is 2.13. The van der Waals surface area contributed by atoms with Crippen molar-refractivity contribution in [3.63, 3.8) is 0 Å². The molecule has 17 heavy (non-hydrogen) atoms. The van der Waals surface area contributed by atoms with Crippen LogP contribution < -0.4 is 5.32 Å². The second-order valence-corrected chi connectivity index (χ2v) is 6.90. The van der Waals surface area contributed by atoms with Gasteiger partial charge in [0, 0.05) is 28.7 Å². The van der Waals surface area contributed by atoms with Crippen molar-refractivity contribution >= 4 is 11.8 Å². The zero-order valence-corrected chi connectivity index (χ0v) is 12.5. The van der Waals surface area contributed by atoms with E-state index in [1.165, 1.54) is 0 Å². The number of rotatable bonds is 4. The Morgan fingerprint density at radius 2 is 1.76 bits per heavy atom. The van der Waals surface area contributed by atoms with Gasteiger partial charge in [-0.15, -0.1) is 0 Å². The average molecular weight is 253 g/mol. The highest BCUT2D eigenvalue weighted by atomic mass is 32.2. The van der Waals surface area contributed by atoms with Crippen molar-refractivity contribution in [2.45, 2.75) is 57.5 Å². The molecule has 96 valence electrons. The highest BCUT2D eigenvalue weighted by molar-refractivity contribution is 7.99. The first kappa shape index (κ1) is 14.5. The lowest BCUT2D eigenvalue weighted by Crippen LogP contribution is -2.39. The minimum absolute atomic E-state index is 0.165. The molecule has 1 atom stereocenters. The minimum Gasteiger partial charge on any atom is -0.311 e. The Morgan fingerprint density at radius 3 is 2.24 bits per heavy atom. The Balaban J connectivity index is 2.53. The molecule has 0 aromatic carbocycles. The van der Waals surface area contributed by atoms with Crippen LogP contribution in [0.4, 0.5) is 0 Å². The third-order valence-corrected chi connectivity index (χ3v) is 3.15. The molecule has 0 spiro atoms. The van der Waals surface area contributed by atoms with Gasteiger partial charge in [-0.1, -0.05) is 18.7 Å². The molecule has 1 N–H and O–H groups in total. The van der Waals surface area contributed by atoms with Crippen molar-refractivity contribution < 1.29 is 0 Å². The molecule has 1 aromatic heterocycles. The van der Waals surface area contributed by atoms with Crippen LogP contribution in [0.5, 0.6) is 0 Å². The monoisotopic (exact) mass is 253 g/mol. The van der Waals surface area contributed by atoms with Gasteiger partial charge in [-0.05, 0) is 40.7 Å². The summed E-state index contributed by atoms with van der Waals surface area (Å²) in [5, 5.41) is 4.84. The molecular formula is C13H23N3S. The zero-order chi connectivity index (χ0) is 13.1. The summed E-state index contributed by atoms with van der Waals surface area (Å²) in [7, 11) is 0. The Morgan fingerprint density at radius 1 is 1.24 bits per heavy atom. The normalized spacial score (nSPS) is 13.8. The largest absolute Gasteiger partial charge is 0.311 e. The number of aromatic nitrogens is 2. The quantitative estimate of drug-likeness (QED) is 0.661. The summed E-state index contributed by atoms with van der Waals surface area (Å²) in [6.45, 7) is 13.7. The summed E-state index contributed by atoms with van der Waals surface area (Å²) in [5.41, 5.74) is 2.24. The summed E-state index contributed by atoms with van der Waals surface area (Å²) < 4.78 is 0.